The van der Waals surface area contributed by atoms with E-state index in [1.54, 1.807) is 0 Å². The number of hydrogen-bond donors (Lipinski definition) is 2. The number of hydrogen-bond acceptors (Lipinski definition) is 2. The van der Waals surface area contributed by atoms with Gasteiger partial charge in [0.2, 0.25) is 0 Å². The van der Waals surface area contributed by atoms with Gasteiger partial charge in [-0.3, -0.25) is 4.79 Å². The van der Waals surface area contributed by atoms with Crippen LogP contribution in [-0.2, 0) is 13.1 Å². The molecule has 0 atom stereocenters. The zero-order valence-corrected chi connectivity index (χ0v) is 15.3. The van der Waals surface area contributed by atoms with E-state index in [2.05, 4.69) is 67.4 Å². The summed E-state index contributed by atoms with van der Waals surface area (Å²) in [4.78, 5) is 17.9. The first-order chi connectivity index (χ1) is 11.9. The van der Waals surface area contributed by atoms with Gasteiger partial charge in [0.25, 0.3) is 5.91 Å². The second-order valence-corrected chi connectivity index (χ2v) is 6.87. The Morgan fingerprint density at radius 1 is 1.04 bits per heavy atom. The Hall–Kier alpha value is -2.59. The molecule has 0 radical (unpaired) electrons. The highest BCUT2D eigenvalue weighted by atomic mass is 16.1. The van der Waals surface area contributed by atoms with Crippen LogP contribution in [0.2, 0.25) is 0 Å². The summed E-state index contributed by atoms with van der Waals surface area (Å²) in [5.74, 6) is -0.0440. The zero-order valence-electron chi connectivity index (χ0n) is 15.3. The summed E-state index contributed by atoms with van der Waals surface area (Å²) in [5, 5.41) is 4.12. The van der Waals surface area contributed by atoms with Crippen LogP contribution in [0.4, 0.5) is 0 Å². The first kappa shape index (κ1) is 17.2. The van der Waals surface area contributed by atoms with Crippen LogP contribution in [0.3, 0.4) is 0 Å². The van der Waals surface area contributed by atoms with Crippen molar-refractivity contribution in [3.05, 3.63) is 70.4 Å². The maximum atomic E-state index is 12.5. The van der Waals surface area contributed by atoms with Gasteiger partial charge in [0.15, 0.2) is 0 Å². The van der Waals surface area contributed by atoms with Crippen molar-refractivity contribution in [2.75, 3.05) is 14.1 Å². The molecule has 130 valence electrons. The van der Waals surface area contributed by atoms with E-state index in [-0.39, 0.29) is 5.91 Å². The Labute approximate surface area is 148 Å². The maximum absolute atomic E-state index is 12.5. The zero-order chi connectivity index (χ0) is 18.0. The van der Waals surface area contributed by atoms with Gasteiger partial charge in [-0.2, -0.15) is 0 Å². The number of nitrogens with zero attached hydrogens (tertiary/aromatic N) is 1. The first-order valence-corrected chi connectivity index (χ1v) is 8.53. The largest absolute Gasteiger partial charge is 0.358 e. The van der Waals surface area contributed by atoms with Crippen LogP contribution in [-0.4, -0.2) is 29.9 Å². The molecular weight excluding hydrogens is 310 g/mol. The second kappa shape index (κ2) is 7.11. The highest BCUT2D eigenvalue weighted by Crippen LogP contribution is 2.22. The number of carbonyl (C=O) groups is 1. The van der Waals surface area contributed by atoms with E-state index in [9.17, 15) is 4.79 Å². The van der Waals surface area contributed by atoms with Crippen LogP contribution < -0.4 is 5.32 Å². The van der Waals surface area contributed by atoms with Crippen molar-refractivity contribution in [3.63, 3.8) is 0 Å². The van der Waals surface area contributed by atoms with Crippen molar-refractivity contribution in [3.8, 4) is 0 Å². The van der Waals surface area contributed by atoms with Gasteiger partial charge in [0.1, 0.15) is 0 Å². The smallest absolute Gasteiger partial charge is 0.251 e. The van der Waals surface area contributed by atoms with Gasteiger partial charge < -0.3 is 15.2 Å². The molecule has 0 aliphatic heterocycles. The molecule has 3 rings (SSSR count). The topological polar surface area (TPSA) is 48.1 Å². The number of rotatable bonds is 5. The Balaban J connectivity index is 1.67. The van der Waals surface area contributed by atoms with Gasteiger partial charge in [0, 0.05) is 35.2 Å². The number of aromatic amines is 1. The summed E-state index contributed by atoms with van der Waals surface area (Å²) in [6.45, 7) is 5.58. The number of H-pyrrole nitrogens is 1. The average molecular weight is 335 g/mol. The molecule has 4 heteroatoms. The van der Waals surface area contributed by atoms with Gasteiger partial charge in [-0.15, -0.1) is 0 Å². The third-order valence-corrected chi connectivity index (χ3v) is 4.55. The van der Waals surface area contributed by atoms with E-state index < -0.39 is 0 Å². The summed E-state index contributed by atoms with van der Waals surface area (Å²) in [5.41, 5.74) is 6.47. The monoisotopic (exact) mass is 335 g/mol. The molecule has 2 N–H and O–H groups in total. The summed E-state index contributed by atoms with van der Waals surface area (Å²) in [6.07, 6.45) is 0. The fourth-order valence-electron chi connectivity index (χ4n) is 3.01. The molecule has 0 saturated carbocycles. The Bertz CT molecular complexity index is 891. The number of amides is 1. The van der Waals surface area contributed by atoms with Crippen LogP contribution in [0, 0.1) is 13.8 Å². The molecule has 25 heavy (non-hydrogen) atoms. The molecule has 3 aromatic rings. The lowest BCUT2D eigenvalue weighted by atomic mass is 10.1. The van der Waals surface area contributed by atoms with Crippen LogP contribution >= 0.6 is 0 Å². The van der Waals surface area contributed by atoms with Crippen molar-refractivity contribution in [2.24, 2.45) is 0 Å². The number of benzene rings is 2. The predicted octanol–water partition coefficient (Wildman–Crippen LogP) is 3.78. The average Bonchev–Trinajstić information content (AvgIpc) is 2.87. The molecule has 1 heterocycles. The third-order valence-electron chi connectivity index (χ3n) is 4.55. The van der Waals surface area contributed by atoms with Crippen molar-refractivity contribution < 1.29 is 4.79 Å². The number of nitrogens with one attached hydrogen (secondary N) is 2. The molecule has 0 aliphatic carbocycles. The van der Waals surface area contributed by atoms with Gasteiger partial charge in [-0.05, 0) is 62.8 Å². The molecule has 0 bridgehead atoms. The Kier molecular flexibility index (Phi) is 4.91. The van der Waals surface area contributed by atoms with Crippen LogP contribution in [0.15, 0.2) is 42.5 Å². The normalized spacial score (nSPS) is 11.2. The SMILES string of the molecule is Cc1[nH]c2ccc(C(=O)NCc3ccc(CN(C)C)cc3)cc2c1C. The van der Waals surface area contributed by atoms with Crippen LogP contribution in [0.25, 0.3) is 10.9 Å². The molecule has 0 unspecified atom stereocenters. The van der Waals surface area contributed by atoms with E-state index >= 15 is 0 Å². The molecule has 4 nitrogen and oxygen atoms in total. The van der Waals surface area contributed by atoms with E-state index in [4.69, 9.17) is 0 Å². The van der Waals surface area contributed by atoms with Crippen molar-refractivity contribution in [1.29, 1.82) is 0 Å². The molecule has 1 aromatic heterocycles. The lowest BCUT2D eigenvalue weighted by Gasteiger charge is -2.10. The highest BCUT2D eigenvalue weighted by molar-refractivity contribution is 5.99. The minimum atomic E-state index is -0.0440. The van der Waals surface area contributed by atoms with Crippen molar-refractivity contribution in [1.82, 2.24) is 15.2 Å². The van der Waals surface area contributed by atoms with Gasteiger partial charge >= 0.3 is 0 Å². The van der Waals surface area contributed by atoms with E-state index in [0.717, 1.165) is 28.7 Å². The van der Waals surface area contributed by atoms with E-state index in [1.165, 1.54) is 11.1 Å². The fourth-order valence-corrected chi connectivity index (χ4v) is 3.01. The quantitative estimate of drug-likeness (QED) is 0.745. The molecule has 1 amide bonds. The molecule has 0 aliphatic rings. The molecule has 0 fully saturated rings. The Morgan fingerprint density at radius 3 is 2.40 bits per heavy atom. The lowest BCUT2D eigenvalue weighted by molar-refractivity contribution is 0.0951. The molecule has 0 saturated heterocycles. The number of aryl methyl sites for hydroxylation is 2. The van der Waals surface area contributed by atoms with Crippen LogP contribution in [0.1, 0.15) is 32.7 Å². The molecule has 0 spiro atoms. The van der Waals surface area contributed by atoms with Crippen LogP contribution in [0.5, 0.6) is 0 Å². The predicted molar refractivity (Wildman–Crippen MR) is 103 cm³/mol. The van der Waals surface area contributed by atoms with E-state index in [1.807, 2.05) is 18.2 Å². The third kappa shape index (κ3) is 3.91. The minimum absolute atomic E-state index is 0.0440. The fraction of sp³-hybridized carbons (Fsp3) is 0.286. The number of fused-ring (bicyclic) bond motifs is 1. The summed E-state index contributed by atoms with van der Waals surface area (Å²) in [6, 6.07) is 14.2. The second-order valence-electron chi connectivity index (χ2n) is 6.87. The Morgan fingerprint density at radius 2 is 1.72 bits per heavy atom. The summed E-state index contributed by atoms with van der Waals surface area (Å²) < 4.78 is 0. The highest BCUT2D eigenvalue weighted by Gasteiger charge is 2.10. The van der Waals surface area contributed by atoms with Gasteiger partial charge in [-0.25, -0.2) is 0 Å². The standard InChI is InChI=1S/C21H25N3O/c1-14-15(2)23-20-10-9-18(11-19(14)20)21(25)22-12-16-5-7-17(8-6-16)13-24(3)4/h5-11,23H,12-13H2,1-4H3,(H,22,25). The number of aromatic nitrogens is 1. The lowest BCUT2D eigenvalue weighted by Crippen LogP contribution is -2.22. The van der Waals surface area contributed by atoms with Crippen molar-refractivity contribution >= 4 is 16.8 Å². The molecule has 2 aromatic carbocycles. The van der Waals surface area contributed by atoms with E-state index in [0.29, 0.717) is 12.1 Å². The van der Waals surface area contributed by atoms with Crippen molar-refractivity contribution in [2.45, 2.75) is 26.9 Å². The maximum Gasteiger partial charge on any atom is 0.251 e. The first-order valence-electron chi connectivity index (χ1n) is 8.53. The molecular formula is C21H25N3O. The van der Waals surface area contributed by atoms with Gasteiger partial charge in [0.05, 0.1) is 0 Å². The summed E-state index contributed by atoms with van der Waals surface area (Å²) >= 11 is 0. The number of carbonyl (C=O) groups excluding carboxylic acids is 1. The summed E-state index contributed by atoms with van der Waals surface area (Å²) in [7, 11) is 4.11. The van der Waals surface area contributed by atoms with Gasteiger partial charge in [-0.1, -0.05) is 24.3 Å². The minimum Gasteiger partial charge on any atom is -0.358 e.